The molecule has 0 radical (unpaired) electrons. The fourth-order valence-electron chi connectivity index (χ4n) is 2.34. The van der Waals surface area contributed by atoms with E-state index in [4.69, 9.17) is 5.21 Å². The molecule has 0 aromatic heterocycles. The van der Waals surface area contributed by atoms with Crippen molar-refractivity contribution in [1.29, 1.82) is 0 Å². The van der Waals surface area contributed by atoms with E-state index in [1.165, 1.54) is 19.3 Å². The minimum atomic E-state index is 0.443. The highest BCUT2D eigenvalue weighted by molar-refractivity contribution is 5.91. The van der Waals surface area contributed by atoms with Crippen LogP contribution in [-0.4, -0.2) is 35.0 Å². The Labute approximate surface area is 66.7 Å². The van der Waals surface area contributed by atoms with E-state index in [9.17, 15) is 0 Å². The maximum atomic E-state index is 8.69. The Hall–Kier alpha value is -0.570. The number of fused-ring (bicyclic) bond motifs is 2. The van der Waals surface area contributed by atoms with Crippen LogP contribution >= 0.6 is 0 Å². The molecule has 0 aliphatic carbocycles. The Balaban J connectivity index is 2.22. The van der Waals surface area contributed by atoms with Crippen molar-refractivity contribution in [2.45, 2.75) is 37.8 Å². The molecule has 0 spiro atoms. The predicted molar refractivity (Wildman–Crippen MR) is 43.0 cm³/mol. The van der Waals surface area contributed by atoms with Crippen LogP contribution in [0.25, 0.3) is 0 Å². The monoisotopic (exact) mass is 154 g/mol. The Morgan fingerprint density at radius 3 is 3.00 bits per heavy atom. The van der Waals surface area contributed by atoms with Gasteiger partial charge in [-0.15, -0.1) is 0 Å². The lowest BCUT2D eigenvalue weighted by atomic mass is 10.0. The molecule has 2 aliphatic heterocycles. The molecule has 1 N–H and O–H groups in total. The predicted octanol–water partition coefficient (Wildman–Crippen LogP) is 1.07. The van der Waals surface area contributed by atoms with Gasteiger partial charge in [-0.2, -0.15) is 0 Å². The second-order valence-electron chi connectivity index (χ2n) is 3.56. The van der Waals surface area contributed by atoms with Gasteiger partial charge in [0.15, 0.2) is 0 Å². The van der Waals surface area contributed by atoms with Gasteiger partial charge in [0.2, 0.25) is 0 Å². The molecule has 2 atom stereocenters. The van der Waals surface area contributed by atoms with Crippen LogP contribution in [0.2, 0.25) is 0 Å². The second kappa shape index (κ2) is 2.48. The summed E-state index contributed by atoms with van der Waals surface area (Å²) in [5, 5.41) is 12.0. The third-order valence-electron chi connectivity index (χ3n) is 3.04. The van der Waals surface area contributed by atoms with E-state index in [-0.39, 0.29) is 0 Å². The molecule has 2 aliphatic rings. The van der Waals surface area contributed by atoms with Gasteiger partial charge in [0, 0.05) is 12.5 Å². The van der Waals surface area contributed by atoms with E-state index >= 15 is 0 Å². The van der Waals surface area contributed by atoms with Crippen LogP contribution in [0, 0.1) is 0 Å². The van der Waals surface area contributed by atoms with Gasteiger partial charge in [-0.05, 0) is 26.3 Å². The fourth-order valence-corrected chi connectivity index (χ4v) is 2.34. The van der Waals surface area contributed by atoms with E-state index in [1.807, 2.05) is 0 Å². The molecule has 2 rings (SSSR count). The Morgan fingerprint density at radius 1 is 1.55 bits per heavy atom. The Morgan fingerprint density at radius 2 is 2.36 bits per heavy atom. The molecular formula is C8H14N2O. The van der Waals surface area contributed by atoms with Gasteiger partial charge in [-0.1, -0.05) is 5.16 Å². The maximum absolute atomic E-state index is 8.69. The fraction of sp³-hybridized carbons (Fsp3) is 0.875. The third kappa shape index (κ3) is 0.948. The molecule has 0 saturated carbocycles. The van der Waals surface area contributed by atoms with Crippen molar-refractivity contribution in [3.63, 3.8) is 0 Å². The van der Waals surface area contributed by atoms with Crippen molar-refractivity contribution in [2.24, 2.45) is 5.16 Å². The zero-order chi connectivity index (χ0) is 7.84. The highest BCUT2D eigenvalue weighted by Gasteiger charge is 2.38. The van der Waals surface area contributed by atoms with Gasteiger partial charge in [0.05, 0.1) is 11.8 Å². The number of oxime groups is 1. The second-order valence-corrected chi connectivity index (χ2v) is 3.56. The van der Waals surface area contributed by atoms with Crippen LogP contribution in [0.4, 0.5) is 0 Å². The molecule has 0 aromatic rings. The summed E-state index contributed by atoms with van der Waals surface area (Å²) in [7, 11) is 2.13. The topological polar surface area (TPSA) is 35.8 Å². The Kier molecular flexibility index (Phi) is 1.60. The van der Waals surface area contributed by atoms with Crippen LogP contribution in [0.3, 0.4) is 0 Å². The number of hydrogen-bond acceptors (Lipinski definition) is 3. The first kappa shape index (κ1) is 7.10. The summed E-state index contributed by atoms with van der Waals surface area (Å²) >= 11 is 0. The summed E-state index contributed by atoms with van der Waals surface area (Å²) in [5.74, 6) is 0. The average Bonchev–Trinajstić information content (AvgIpc) is 2.23. The zero-order valence-electron chi connectivity index (χ0n) is 6.82. The van der Waals surface area contributed by atoms with Gasteiger partial charge in [-0.25, -0.2) is 0 Å². The van der Waals surface area contributed by atoms with Crippen molar-refractivity contribution >= 4 is 5.71 Å². The van der Waals surface area contributed by atoms with Crippen LogP contribution in [-0.2, 0) is 0 Å². The van der Waals surface area contributed by atoms with Gasteiger partial charge < -0.3 is 5.21 Å². The first-order chi connectivity index (χ1) is 5.33. The van der Waals surface area contributed by atoms with Crippen molar-refractivity contribution in [1.82, 2.24) is 4.90 Å². The maximum Gasteiger partial charge on any atom is 0.0757 e. The molecule has 2 saturated heterocycles. The zero-order valence-corrected chi connectivity index (χ0v) is 6.82. The van der Waals surface area contributed by atoms with Gasteiger partial charge >= 0.3 is 0 Å². The molecular weight excluding hydrogens is 140 g/mol. The van der Waals surface area contributed by atoms with Crippen molar-refractivity contribution in [3.8, 4) is 0 Å². The van der Waals surface area contributed by atoms with E-state index in [2.05, 4.69) is 17.1 Å². The lowest BCUT2D eigenvalue weighted by molar-refractivity contribution is 0.189. The van der Waals surface area contributed by atoms with Crippen LogP contribution in [0.5, 0.6) is 0 Å². The summed E-state index contributed by atoms with van der Waals surface area (Å²) in [6, 6.07) is 1.10. The summed E-state index contributed by atoms with van der Waals surface area (Å²) < 4.78 is 0. The lowest BCUT2D eigenvalue weighted by Crippen LogP contribution is -2.37. The quantitative estimate of drug-likeness (QED) is 0.418. The van der Waals surface area contributed by atoms with Crippen molar-refractivity contribution < 1.29 is 5.21 Å². The van der Waals surface area contributed by atoms with Crippen molar-refractivity contribution in [3.05, 3.63) is 0 Å². The highest BCUT2D eigenvalue weighted by atomic mass is 16.4. The molecule has 0 amide bonds. The molecule has 0 aromatic carbocycles. The number of hydrogen-bond donors (Lipinski definition) is 1. The molecule has 62 valence electrons. The van der Waals surface area contributed by atoms with Crippen LogP contribution in [0.1, 0.15) is 25.7 Å². The molecule has 11 heavy (non-hydrogen) atoms. The molecule has 2 fully saturated rings. The van der Waals surface area contributed by atoms with Gasteiger partial charge in [0.25, 0.3) is 0 Å². The molecule has 2 unspecified atom stereocenters. The number of nitrogens with zero attached hydrogens (tertiary/aromatic N) is 2. The first-order valence-corrected chi connectivity index (χ1v) is 4.25. The van der Waals surface area contributed by atoms with Gasteiger partial charge in [0.1, 0.15) is 0 Å². The normalized spacial score (nSPS) is 41.7. The average molecular weight is 154 g/mol. The molecule has 2 heterocycles. The minimum absolute atomic E-state index is 0.443. The first-order valence-electron chi connectivity index (χ1n) is 4.25. The standard InChI is InChI=1S/C8H14N2O/c1-10-6-3-2-4-8(10)7(5-6)9-11/h6,8,11H,2-5H2,1H3/b9-7+. The third-order valence-corrected chi connectivity index (χ3v) is 3.04. The summed E-state index contributed by atoms with van der Waals surface area (Å²) in [4.78, 5) is 2.35. The SMILES string of the molecule is CN1C2CCCC1/C(=N/O)C2. The van der Waals surface area contributed by atoms with Crippen LogP contribution < -0.4 is 0 Å². The van der Waals surface area contributed by atoms with E-state index in [0.29, 0.717) is 12.1 Å². The molecule has 3 heteroatoms. The summed E-state index contributed by atoms with van der Waals surface area (Å²) in [6.45, 7) is 0. The Bertz CT molecular complexity index is 191. The highest BCUT2D eigenvalue weighted by Crippen LogP contribution is 2.32. The number of rotatable bonds is 0. The minimum Gasteiger partial charge on any atom is -0.411 e. The van der Waals surface area contributed by atoms with Crippen molar-refractivity contribution in [2.75, 3.05) is 7.05 Å². The largest absolute Gasteiger partial charge is 0.411 e. The van der Waals surface area contributed by atoms with E-state index < -0.39 is 0 Å². The molecule has 2 bridgehead atoms. The summed E-state index contributed by atoms with van der Waals surface area (Å²) in [5.41, 5.74) is 0.995. The smallest absolute Gasteiger partial charge is 0.0757 e. The van der Waals surface area contributed by atoms with Gasteiger partial charge in [-0.3, -0.25) is 4.90 Å². The van der Waals surface area contributed by atoms with E-state index in [1.54, 1.807) is 0 Å². The van der Waals surface area contributed by atoms with E-state index in [0.717, 1.165) is 12.1 Å². The van der Waals surface area contributed by atoms with Crippen LogP contribution in [0.15, 0.2) is 5.16 Å². The molecule has 3 nitrogen and oxygen atoms in total. The lowest BCUT2D eigenvalue weighted by Gasteiger charge is -2.29. The number of piperidine rings is 1. The summed E-state index contributed by atoms with van der Waals surface area (Å²) in [6.07, 6.45) is 4.72.